The van der Waals surface area contributed by atoms with Crippen molar-refractivity contribution in [3.8, 4) is 17.1 Å². The van der Waals surface area contributed by atoms with E-state index >= 15 is 0 Å². The van der Waals surface area contributed by atoms with E-state index < -0.39 is 0 Å². The van der Waals surface area contributed by atoms with Gasteiger partial charge in [-0.3, -0.25) is 9.48 Å². The van der Waals surface area contributed by atoms with Gasteiger partial charge in [0.1, 0.15) is 5.58 Å². The third kappa shape index (κ3) is 3.00. The summed E-state index contributed by atoms with van der Waals surface area (Å²) in [6.45, 7) is 1.94. The van der Waals surface area contributed by atoms with E-state index in [1.165, 1.54) is 0 Å². The molecule has 1 fully saturated rings. The van der Waals surface area contributed by atoms with Gasteiger partial charge >= 0.3 is 0 Å². The van der Waals surface area contributed by atoms with Crippen molar-refractivity contribution in [3.05, 3.63) is 86.9 Å². The average Bonchev–Trinajstić information content (AvgIpc) is 3.35. The molecule has 160 valence electrons. The van der Waals surface area contributed by atoms with Crippen molar-refractivity contribution in [2.75, 3.05) is 0 Å². The van der Waals surface area contributed by atoms with Gasteiger partial charge in [0.05, 0.1) is 17.1 Å². The average molecular weight is 443 g/mol. The number of nitrogens with zero attached hydrogens (tertiary/aromatic N) is 4. The zero-order chi connectivity index (χ0) is 21.8. The van der Waals surface area contributed by atoms with Crippen molar-refractivity contribution in [1.29, 1.82) is 0 Å². The van der Waals surface area contributed by atoms with Crippen LogP contribution in [0.3, 0.4) is 0 Å². The SMILES string of the molecule is Cc1c(N=c2scc(-c3cc4ccccc4o3)n2C2CC2)c(=O)n(-c2ccccc2)n1C. The van der Waals surface area contributed by atoms with Crippen molar-refractivity contribution in [1.82, 2.24) is 13.9 Å². The molecule has 1 aliphatic rings. The zero-order valence-electron chi connectivity index (χ0n) is 17.9. The molecule has 5 aromatic rings. The molecule has 0 N–H and O–H groups in total. The van der Waals surface area contributed by atoms with Gasteiger partial charge < -0.3 is 8.98 Å². The summed E-state index contributed by atoms with van der Waals surface area (Å²) in [5.74, 6) is 0.835. The molecular weight excluding hydrogens is 420 g/mol. The van der Waals surface area contributed by atoms with Crippen LogP contribution in [0.5, 0.6) is 0 Å². The molecule has 0 unspecified atom stereocenters. The number of furan rings is 1. The van der Waals surface area contributed by atoms with Crippen LogP contribution < -0.4 is 10.4 Å². The van der Waals surface area contributed by atoms with Gasteiger partial charge in [0.25, 0.3) is 5.56 Å². The summed E-state index contributed by atoms with van der Waals surface area (Å²) in [5, 5.41) is 3.17. The van der Waals surface area contributed by atoms with Gasteiger partial charge in [0, 0.05) is 23.9 Å². The Bertz CT molecular complexity index is 1540. The molecule has 0 radical (unpaired) electrons. The number of para-hydroxylation sites is 2. The molecule has 7 heteroatoms. The first-order valence-corrected chi connectivity index (χ1v) is 11.6. The van der Waals surface area contributed by atoms with Crippen LogP contribution in [-0.4, -0.2) is 13.9 Å². The minimum Gasteiger partial charge on any atom is -0.454 e. The number of thiazole rings is 1. The monoisotopic (exact) mass is 442 g/mol. The third-order valence-electron chi connectivity index (χ3n) is 6.06. The summed E-state index contributed by atoms with van der Waals surface area (Å²) < 4.78 is 11.9. The summed E-state index contributed by atoms with van der Waals surface area (Å²) in [5.41, 5.74) is 3.92. The van der Waals surface area contributed by atoms with Gasteiger partial charge in [0.15, 0.2) is 16.2 Å². The molecule has 0 bridgehead atoms. The second kappa shape index (κ2) is 7.24. The van der Waals surface area contributed by atoms with E-state index in [-0.39, 0.29) is 5.56 Å². The highest BCUT2D eigenvalue weighted by molar-refractivity contribution is 7.07. The smallest absolute Gasteiger partial charge is 0.297 e. The van der Waals surface area contributed by atoms with Gasteiger partial charge in [-0.2, -0.15) is 0 Å². The first-order chi connectivity index (χ1) is 15.6. The second-order valence-electron chi connectivity index (χ2n) is 8.18. The molecule has 3 aromatic heterocycles. The summed E-state index contributed by atoms with van der Waals surface area (Å²) in [6, 6.07) is 20.2. The fourth-order valence-corrected chi connectivity index (χ4v) is 5.11. The Morgan fingerprint density at radius 1 is 1.06 bits per heavy atom. The Morgan fingerprint density at radius 2 is 1.81 bits per heavy atom. The van der Waals surface area contributed by atoms with Gasteiger partial charge in [-0.05, 0) is 44.0 Å². The topological polar surface area (TPSA) is 57.4 Å². The Labute approximate surface area is 188 Å². The lowest BCUT2D eigenvalue weighted by molar-refractivity contribution is 0.613. The third-order valence-corrected chi connectivity index (χ3v) is 6.90. The highest BCUT2D eigenvalue weighted by Gasteiger charge is 2.29. The standard InChI is InChI=1S/C25H22N4O2S/c1-16-23(24(30)29(27(16)2)19-9-4-3-5-10-19)26-25-28(18-12-13-18)20(15-32-25)22-14-17-8-6-7-11-21(17)31-22/h3-11,14-15,18H,12-13H2,1-2H3. The quantitative estimate of drug-likeness (QED) is 0.378. The van der Waals surface area contributed by atoms with Gasteiger partial charge in [-0.1, -0.05) is 36.4 Å². The summed E-state index contributed by atoms with van der Waals surface area (Å²) >= 11 is 1.55. The van der Waals surface area contributed by atoms with Crippen LogP contribution in [0.2, 0.25) is 0 Å². The Hall–Kier alpha value is -3.58. The summed E-state index contributed by atoms with van der Waals surface area (Å²) in [7, 11) is 1.89. The molecule has 32 heavy (non-hydrogen) atoms. The van der Waals surface area contributed by atoms with E-state index in [1.54, 1.807) is 16.0 Å². The molecule has 0 atom stereocenters. The summed E-state index contributed by atoms with van der Waals surface area (Å²) in [4.78, 5) is 19.1. The molecule has 6 nitrogen and oxygen atoms in total. The molecule has 0 amide bonds. The number of hydrogen-bond acceptors (Lipinski definition) is 4. The maximum Gasteiger partial charge on any atom is 0.297 e. The lowest BCUT2D eigenvalue weighted by atomic mass is 10.2. The largest absolute Gasteiger partial charge is 0.454 e. The highest BCUT2D eigenvalue weighted by atomic mass is 32.1. The minimum absolute atomic E-state index is 0.114. The lowest BCUT2D eigenvalue weighted by Gasteiger charge is -2.07. The fourth-order valence-electron chi connectivity index (χ4n) is 4.15. The van der Waals surface area contributed by atoms with Crippen molar-refractivity contribution in [3.63, 3.8) is 0 Å². The molecule has 0 aliphatic heterocycles. The first kappa shape index (κ1) is 19.1. The van der Waals surface area contributed by atoms with Crippen molar-refractivity contribution >= 4 is 28.0 Å². The Morgan fingerprint density at radius 3 is 2.56 bits per heavy atom. The van der Waals surface area contributed by atoms with Gasteiger partial charge in [-0.25, -0.2) is 9.67 Å². The molecule has 0 spiro atoms. The van der Waals surface area contributed by atoms with Crippen LogP contribution in [0.4, 0.5) is 5.69 Å². The van der Waals surface area contributed by atoms with Crippen molar-refractivity contribution in [2.45, 2.75) is 25.8 Å². The van der Waals surface area contributed by atoms with E-state index in [2.05, 4.69) is 22.1 Å². The zero-order valence-corrected chi connectivity index (χ0v) is 18.7. The Kier molecular flexibility index (Phi) is 4.33. The van der Waals surface area contributed by atoms with Crippen LogP contribution in [-0.2, 0) is 7.05 Å². The fraction of sp³-hybridized carbons (Fsp3) is 0.200. The normalized spacial score (nSPS) is 14.5. The van der Waals surface area contributed by atoms with Crippen LogP contribution in [0.1, 0.15) is 24.6 Å². The molecular formula is C25H22N4O2S. The molecule has 3 heterocycles. The van der Waals surface area contributed by atoms with Crippen LogP contribution >= 0.6 is 11.3 Å². The molecule has 6 rings (SSSR count). The lowest BCUT2D eigenvalue weighted by Crippen LogP contribution is -2.20. The number of aromatic nitrogens is 3. The first-order valence-electron chi connectivity index (χ1n) is 10.7. The van der Waals surface area contributed by atoms with E-state index in [1.807, 2.05) is 67.2 Å². The van der Waals surface area contributed by atoms with E-state index in [4.69, 9.17) is 9.41 Å². The van der Waals surface area contributed by atoms with E-state index in [0.29, 0.717) is 11.7 Å². The van der Waals surface area contributed by atoms with E-state index in [9.17, 15) is 4.79 Å². The number of hydrogen-bond donors (Lipinski definition) is 0. The van der Waals surface area contributed by atoms with Crippen LogP contribution in [0.25, 0.3) is 28.1 Å². The summed E-state index contributed by atoms with van der Waals surface area (Å²) in [6.07, 6.45) is 2.22. The minimum atomic E-state index is -0.114. The van der Waals surface area contributed by atoms with Gasteiger partial charge in [-0.15, -0.1) is 11.3 Å². The molecule has 1 saturated carbocycles. The molecule has 2 aromatic carbocycles. The second-order valence-corrected chi connectivity index (χ2v) is 9.01. The molecule has 0 saturated heterocycles. The van der Waals surface area contributed by atoms with Crippen LogP contribution in [0, 0.1) is 6.92 Å². The van der Waals surface area contributed by atoms with Crippen molar-refractivity contribution in [2.24, 2.45) is 12.0 Å². The predicted molar refractivity (Wildman–Crippen MR) is 127 cm³/mol. The Balaban J connectivity index is 1.53. The van der Waals surface area contributed by atoms with Crippen molar-refractivity contribution < 1.29 is 4.42 Å². The number of rotatable bonds is 4. The van der Waals surface area contributed by atoms with Crippen LogP contribution in [0.15, 0.2) is 80.2 Å². The maximum atomic E-state index is 13.3. The number of benzene rings is 2. The van der Waals surface area contributed by atoms with Gasteiger partial charge in [0.2, 0.25) is 0 Å². The van der Waals surface area contributed by atoms with E-state index in [0.717, 1.165) is 51.4 Å². The molecule has 1 aliphatic carbocycles. The number of fused-ring (bicyclic) bond motifs is 1. The maximum absolute atomic E-state index is 13.3. The highest BCUT2D eigenvalue weighted by Crippen LogP contribution is 2.39. The predicted octanol–water partition coefficient (Wildman–Crippen LogP) is 5.33.